The van der Waals surface area contributed by atoms with Crippen LogP contribution in [0.4, 0.5) is 0 Å². The van der Waals surface area contributed by atoms with Gasteiger partial charge >= 0.3 is 0 Å². The van der Waals surface area contributed by atoms with Gasteiger partial charge < -0.3 is 4.74 Å². The third-order valence-corrected chi connectivity index (χ3v) is 14.3. The van der Waals surface area contributed by atoms with Gasteiger partial charge in [0.2, 0.25) is 0 Å². The Labute approximate surface area is 175 Å². The highest BCUT2D eigenvalue weighted by atomic mass is 31.1. The molecule has 0 saturated carbocycles. The molecule has 0 spiro atoms. The van der Waals surface area contributed by atoms with Gasteiger partial charge in [-0.2, -0.15) is 0 Å². The molecule has 0 aromatic carbocycles. The first-order valence-electron chi connectivity index (χ1n) is 10.8. The van der Waals surface area contributed by atoms with Gasteiger partial charge in [-0.25, -0.2) is 0 Å². The highest BCUT2D eigenvalue weighted by Gasteiger charge is 2.72. The molecule has 1 saturated heterocycles. The predicted molar refractivity (Wildman–Crippen MR) is 125 cm³/mol. The van der Waals surface area contributed by atoms with Gasteiger partial charge in [-0.15, -0.1) is 0 Å². The number of nitrogens with zero attached hydrogens (tertiary/aromatic N) is 3. The fourth-order valence-corrected chi connectivity index (χ4v) is 12.3. The minimum Gasteiger partial charge on any atom is -0.357 e. The summed E-state index contributed by atoms with van der Waals surface area (Å²) in [7, 11) is -2.35. The Bertz CT molecular complexity index is 596. The van der Waals surface area contributed by atoms with E-state index in [4.69, 9.17) is 4.74 Å². The standard InChI is InChI=1S/C22H42N3OPSi/c1-16(2)24(17(3)4)27(25(18(5)6)19(7)8)22(28(9,10)11)21(26-22)20-13-12-14-23-15-20/h12-19,21H,1-11H3/t21-,22+/m0/s1. The molecule has 1 fully saturated rings. The average Bonchev–Trinajstić information content (AvgIpc) is 3.30. The number of hydrogen-bond acceptors (Lipinski definition) is 4. The van der Waals surface area contributed by atoms with Crippen molar-refractivity contribution in [3.63, 3.8) is 0 Å². The van der Waals surface area contributed by atoms with Gasteiger partial charge in [0.25, 0.3) is 0 Å². The second-order valence-corrected chi connectivity index (χ2v) is 18.0. The number of hydrogen-bond donors (Lipinski definition) is 0. The molecule has 0 bridgehead atoms. The summed E-state index contributed by atoms with van der Waals surface area (Å²) in [5.41, 5.74) is 1.23. The molecular formula is C22H42N3OPSi. The predicted octanol–water partition coefficient (Wildman–Crippen LogP) is 6.28. The van der Waals surface area contributed by atoms with Gasteiger partial charge in [0.15, 0.2) is 0 Å². The Morgan fingerprint density at radius 2 is 1.39 bits per heavy atom. The van der Waals surface area contributed by atoms with Crippen LogP contribution in [0.5, 0.6) is 0 Å². The van der Waals surface area contributed by atoms with Crippen LogP contribution in [0.25, 0.3) is 0 Å². The molecule has 1 aromatic rings. The van der Waals surface area contributed by atoms with Crippen molar-refractivity contribution in [2.24, 2.45) is 0 Å². The van der Waals surface area contributed by atoms with E-state index in [0.717, 1.165) is 0 Å². The molecule has 4 nitrogen and oxygen atoms in total. The third-order valence-electron chi connectivity index (χ3n) is 5.51. The zero-order valence-corrected chi connectivity index (χ0v) is 21.8. The van der Waals surface area contributed by atoms with Crippen LogP contribution in [0.15, 0.2) is 24.5 Å². The van der Waals surface area contributed by atoms with Gasteiger partial charge in [-0.3, -0.25) is 14.3 Å². The fourth-order valence-electron chi connectivity index (χ4n) is 4.52. The second kappa shape index (κ2) is 8.81. The lowest BCUT2D eigenvalue weighted by Crippen LogP contribution is -2.53. The molecule has 1 aliphatic heterocycles. The maximum atomic E-state index is 6.85. The Morgan fingerprint density at radius 3 is 1.71 bits per heavy atom. The first-order chi connectivity index (χ1) is 12.9. The minimum absolute atomic E-state index is 0.0888. The van der Waals surface area contributed by atoms with E-state index >= 15 is 0 Å². The highest BCUT2D eigenvalue weighted by Crippen LogP contribution is 2.76. The maximum absolute atomic E-state index is 6.85. The number of epoxide rings is 1. The molecule has 0 radical (unpaired) electrons. The summed E-state index contributed by atoms with van der Waals surface area (Å²) in [6, 6.07) is 6.11. The number of pyridine rings is 1. The van der Waals surface area contributed by atoms with E-state index in [-0.39, 0.29) is 11.1 Å². The van der Waals surface area contributed by atoms with Gasteiger partial charge in [-0.05, 0) is 61.5 Å². The second-order valence-electron chi connectivity index (χ2n) is 10.2. The topological polar surface area (TPSA) is 31.9 Å². The molecule has 0 unspecified atom stereocenters. The van der Waals surface area contributed by atoms with E-state index in [0.29, 0.717) is 24.2 Å². The van der Waals surface area contributed by atoms with Crippen LogP contribution in [-0.4, -0.2) is 51.5 Å². The Morgan fingerprint density at radius 1 is 0.929 bits per heavy atom. The molecule has 1 aromatic heterocycles. The molecule has 2 atom stereocenters. The van der Waals surface area contributed by atoms with Crippen LogP contribution >= 0.6 is 8.22 Å². The summed E-state index contributed by atoms with van der Waals surface area (Å²) in [6.07, 6.45) is 4.01. The van der Waals surface area contributed by atoms with E-state index in [1.165, 1.54) is 5.56 Å². The molecule has 6 heteroatoms. The van der Waals surface area contributed by atoms with Gasteiger partial charge in [0.1, 0.15) is 11.1 Å². The Hall–Kier alpha value is -0.323. The molecule has 0 aliphatic carbocycles. The smallest absolute Gasteiger partial charge is 0.133 e. The minimum atomic E-state index is -1.70. The lowest BCUT2D eigenvalue weighted by Gasteiger charge is -2.52. The normalized spacial score (nSPS) is 23.3. The summed E-state index contributed by atoms with van der Waals surface area (Å²) in [6.45, 7) is 26.2. The molecule has 0 N–H and O–H groups in total. The molecule has 2 heterocycles. The summed E-state index contributed by atoms with van der Waals surface area (Å²) in [5.74, 6) is 0. The lowest BCUT2D eigenvalue weighted by atomic mass is 10.2. The maximum Gasteiger partial charge on any atom is 0.133 e. The van der Waals surface area contributed by atoms with Crippen molar-refractivity contribution in [3.8, 4) is 0 Å². The van der Waals surface area contributed by atoms with Crippen molar-refractivity contribution in [2.45, 2.75) is 110 Å². The lowest BCUT2D eigenvalue weighted by molar-refractivity contribution is 0.243. The molecular weight excluding hydrogens is 381 g/mol. The van der Waals surface area contributed by atoms with Crippen molar-refractivity contribution >= 4 is 16.3 Å². The molecule has 2 rings (SSSR count). The van der Waals surface area contributed by atoms with Crippen LogP contribution in [-0.2, 0) is 4.74 Å². The van der Waals surface area contributed by atoms with E-state index in [9.17, 15) is 0 Å². The first-order valence-corrected chi connectivity index (χ1v) is 15.6. The van der Waals surface area contributed by atoms with Crippen molar-refractivity contribution in [3.05, 3.63) is 30.1 Å². The number of rotatable bonds is 9. The Kier molecular flexibility index (Phi) is 7.54. The number of ether oxygens (including phenoxy) is 1. The van der Waals surface area contributed by atoms with Crippen LogP contribution in [0.2, 0.25) is 19.6 Å². The monoisotopic (exact) mass is 423 g/mol. The zero-order valence-electron chi connectivity index (χ0n) is 19.9. The van der Waals surface area contributed by atoms with Crippen molar-refractivity contribution in [1.29, 1.82) is 0 Å². The van der Waals surface area contributed by atoms with E-state index in [1.54, 1.807) is 0 Å². The quantitative estimate of drug-likeness (QED) is 0.266. The zero-order chi connectivity index (χ0) is 21.4. The van der Waals surface area contributed by atoms with Crippen LogP contribution in [0, 0.1) is 0 Å². The molecule has 28 heavy (non-hydrogen) atoms. The SMILES string of the molecule is CC(C)N(C(C)C)P(N(C(C)C)C(C)C)[C@]1([Si](C)(C)C)O[C@H]1c1cccnc1. The van der Waals surface area contributed by atoms with Crippen molar-refractivity contribution in [1.82, 2.24) is 14.3 Å². The van der Waals surface area contributed by atoms with Crippen LogP contribution < -0.4 is 0 Å². The van der Waals surface area contributed by atoms with Crippen molar-refractivity contribution in [2.75, 3.05) is 0 Å². The van der Waals surface area contributed by atoms with Gasteiger partial charge in [0, 0.05) is 42.1 Å². The first kappa shape index (κ1) is 24.0. The van der Waals surface area contributed by atoms with Crippen LogP contribution in [0.1, 0.15) is 67.1 Å². The van der Waals surface area contributed by atoms with E-state index < -0.39 is 16.3 Å². The van der Waals surface area contributed by atoms with Gasteiger partial charge in [0.05, 0.1) is 16.3 Å². The van der Waals surface area contributed by atoms with Crippen molar-refractivity contribution < 1.29 is 4.74 Å². The summed E-state index contributed by atoms with van der Waals surface area (Å²) >= 11 is 0. The molecule has 1 aliphatic rings. The average molecular weight is 424 g/mol. The van der Waals surface area contributed by atoms with E-state index in [1.807, 2.05) is 18.5 Å². The summed E-state index contributed by atoms with van der Waals surface area (Å²) in [4.78, 5) is 4.31. The largest absolute Gasteiger partial charge is 0.357 e. The molecule has 160 valence electrons. The Balaban J connectivity index is 2.67. The third kappa shape index (κ3) is 4.39. The summed E-state index contributed by atoms with van der Waals surface area (Å²) < 4.78 is 12.4. The van der Waals surface area contributed by atoms with Crippen LogP contribution in [0.3, 0.4) is 0 Å². The van der Waals surface area contributed by atoms with Gasteiger partial charge in [-0.1, -0.05) is 25.7 Å². The summed E-state index contributed by atoms with van der Waals surface area (Å²) in [5, 5.41) is 0. The number of aromatic nitrogens is 1. The molecule has 0 amide bonds. The fraction of sp³-hybridized carbons (Fsp3) is 0.773. The van der Waals surface area contributed by atoms with E-state index in [2.05, 4.69) is 95.4 Å². The highest BCUT2D eigenvalue weighted by molar-refractivity contribution is 7.58.